The molecule has 0 aliphatic carbocycles. The van der Waals surface area contributed by atoms with E-state index in [2.05, 4.69) is 5.32 Å². The third-order valence-corrected chi connectivity index (χ3v) is 4.91. The van der Waals surface area contributed by atoms with Gasteiger partial charge in [-0.1, -0.05) is 0 Å². The standard InChI is InChI=1S/C10H23N3O2S/c1-2-16(14,15)13-8-4-10(5-9-13)12-7-3-6-11/h10,12H,2-9,11H2,1H3. The highest BCUT2D eigenvalue weighted by Gasteiger charge is 2.25. The fraction of sp³-hybridized carbons (Fsp3) is 1.00. The predicted octanol–water partition coefficient (Wildman–Crippen LogP) is -0.261. The molecule has 1 aliphatic heterocycles. The summed E-state index contributed by atoms with van der Waals surface area (Å²) in [6.07, 6.45) is 2.79. The maximum Gasteiger partial charge on any atom is 0.213 e. The second kappa shape index (κ2) is 6.54. The van der Waals surface area contributed by atoms with E-state index in [1.165, 1.54) is 0 Å². The van der Waals surface area contributed by atoms with Crippen LogP contribution in [0.2, 0.25) is 0 Å². The maximum absolute atomic E-state index is 11.6. The number of hydrogen-bond acceptors (Lipinski definition) is 4. The van der Waals surface area contributed by atoms with Crippen LogP contribution in [0.3, 0.4) is 0 Å². The van der Waals surface area contributed by atoms with E-state index < -0.39 is 10.0 Å². The van der Waals surface area contributed by atoms with Crippen LogP contribution in [-0.2, 0) is 10.0 Å². The molecule has 0 spiro atoms. The van der Waals surface area contributed by atoms with Crippen molar-refractivity contribution in [2.75, 3.05) is 31.9 Å². The Bertz CT molecular complexity index is 284. The molecule has 0 aromatic carbocycles. The summed E-state index contributed by atoms with van der Waals surface area (Å²) in [5.41, 5.74) is 5.41. The molecule has 0 amide bonds. The van der Waals surface area contributed by atoms with E-state index in [-0.39, 0.29) is 5.75 Å². The van der Waals surface area contributed by atoms with Crippen molar-refractivity contribution in [3.05, 3.63) is 0 Å². The first-order valence-electron chi connectivity index (χ1n) is 6.01. The Morgan fingerprint density at radius 1 is 1.38 bits per heavy atom. The Morgan fingerprint density at radius 2 is 2.00 bits per heavy atom. The van der Waals surface area contributed by atoms with Crippen LogP contribution in [0.1, 0.15) is 26.2 Å². The fourth-order valence-corrected chi connectivity index (χ4v) is 3.06. The zero-order chi connectivity index (χ0) is 12.0. The topological polar surface area (TPSA) is 75.4 Å². The van der Waals surface area contributed by atoms with Crippen molar-refractivity contribution in [1.82, 2.24) is 9.62 Å². The summed E-state index contributed by atoms with van der Waals surface area (Å²) in [5, 5.41) is 3.41. The number of sulfonamides is 1. The molecule has 0 aromatic rings. The Hall–Kier alpha value is -0.170. The second-order valence-corrected chi connectivity index (χ2v) is 6.43. The Morgan fingerprint density at radius 3 is 2.50 bits per heavy atom. The number of rotatable bonds is 6. The molecule has 6 heteroatoms. The fourth-order valence-electron chi connectivity index (χ4n) is 1.93. The zero-order valence-corrected chi connectivity index (χ0v) is 10.8. The zero-order valence-electron chi connectivity index (χ0n) is 9.98. The number of nitrogens with one attached hydrogen (secondary N) is 1. The van der Waals surface area contributed by atoms with Crippen molar-refractivity contribution in [2.45, 2.75) is 32.2 Å². The molecule has 1 fully saturated rings. The SMILES string of the molecule is CCS(=O)(=O)N1CCC(NCCCN)CC1. The lowest BCUT2D eigenvalue weighted by molar-refractivity contribution is 0.290. The lowest BCUT2D eigenvalue weighted by atomic mass is 10.1. The van der Waals surface area contributed by atoms with Crippen LogP contribution in [0.4, 0.5) is 0 Å². The average molecular weight is 249 g/mol. The third-order valence-electron chi connectivity index (χ3n) is 3.03. The van der Waals surface area contributed by atoms with Gasteiger partial charge in [0.25, 0.3) is 0 Å². The van der Waals surface area contributed by atoms with Gasteiger partial charge in [0.15, 0.2) is 0 Å². The number of nitrogens with two attached hydrogens (primary N) is 1. The minimum atomic E-state index is -2.98. The molecule has 0 aromatic heterocycles. The lowest BCUT2D eigenvalue weighted by Gasteiger charge is -2.31. The van der Waals surface area contributed by atoms with Crippen LogP contribution >= 0.6 is 0 Å². The molecule has 1 saturated heterocycles. The Balaban J connectivity index is 2.29. The van der Waals surface area contributed by atoms with E-state index in [1.54, 1.807) is 11.2 Å². The minimum absolute atomic E-state index is 0.207. The molecule has 1 aliphatic rings. The van der Waals surface area contributed by atoms with E-state index in [1.807, 2.05) is 0 Å². The molecule has 5 nitrogen and oxygen atoms in total. The van der Waals surface area contributed by atoms with Crippen molar-refractivity contribution in [3.63, 3.8) is 0 Å². The summed E-state index contributed by atoms with van der Waals surface area (Å²) in [7, 11) is -2.98. The highest BCUT2D eigenvalue weighted by atomic mass is 32.2. The maximum atomic E-state index is 11.6. The van der Waals surface area contributed by atoms with Gasteiger partial charge in [-0.15, -0.1) is 0 Å². The molecule has 0 bridgehead atoms. The van der Waals surface area contributed by atoms with Crippen LogP contribution in [0.5, 0.6) is 0 Å². The van der Waals surface area contributed by atoms with Gasteiger partial charge < -0.3 is 11.1 Å². The monoisotopic (exact) mass is 249 g/mol. The molecular formula is C10H23N3O2S. The Labute approximate surface area is 98.4 Å². The van der Waals surface area contributed by atoms with Gasteiger partial charge in [0.05, 0.1) is 5.75 Å². The van der Waals surface area contributed by atoms with Crippen LogP contribution in [0.25, 0.3) is 0 Å². The van der Waals surface area contributed by atoms with Crippen LogP contribution in [0.15, 0.2) is 0 Å². The molecule has 0 unspecified atom stereocenters. The summed E-state index contributed by atoms with van der Waals surface area (Å²) in [6.45, 7) is 4.63. The summed E-state index contributed by atoms with van der Waals surface area (Å²) in [5.74, 6) is 0.207. The van der Waals surface area contributed by atoms with E-state index in [0.29, 0.717) is 25.7 Å². The quantitative estimate of drug-likeness (QED) is 0.636. The van der Waals surface area contributed by atoms with Gasteiger partial charge in [0, 0.05) is 19.1 Å². The number of hydrogen-bond donors (Lipinski definition) is 2. The molecular weight excluding hydrogens is 226 g/mol. The van der Waals surface area contributed by atoms with Gasteiger partial charge in [-0.2, -0.15) is 0 Å². The van der Waals surface area contributed by atoms with Gasteiger partial charge in [-0.3, -0.25) is 0 Å². The van der Waals surface area contributed by atoms with Crippen LogP contribution in [0, 0.1) is 0 Å². The van der Waals surface area contributed by atoms with E-state index in [4.69, 9.17) is 5.73 Å². The predicted molar refractivity (Wildman–Crippen MR) is 65.7 cm³/mol. The van der Waals surface area contributed by atoms with E-state index >= 15 is 0 Å². The average Bonchev–Trinajstić information content (AvgIpc) is 2.30. The van der Waals surface area contributed by atoms with E-state index in [9.17, 15) is 8.42 Å². The van der Waals surface area contributed by atoms with Crippen molar-refractivity contribution in [1.29, 1.82) is 0 Å². The number of nitrogens with zero attached hydrogens (tertiary/aromatic N) is 1. The Kier molecular flexibility index (Phi) is 5.68. The van der Waals surface area contributed by atoms with Gasteiger partial charge in [0.2, 0.25) is 10.0 Å². The first-order valence-corrected chi connectivity index (χ1v) is 7.62. The molecule has 1 heterocycles. The summed E-state index contributed by atoms with van der Waals surface area (Å²) in [6, 6.07) is 0.454. The van der Waals surface area contributed by atoms with Gasteiger partial charge in [-0.25, -0.2) is 12.7 Å². The van der Waals surface area contributed by atoms with Gasteiger partial charge >= 0.3 is 0 Å². The highest BCUT2D eigenvalue weighted by molar-refractivity contribution is 7.89. The third kappa shape index (κ3) is 4.01. The molecule has 16 heavy (non-hydrogen) atoms. The second-order valence-electron chi connectivity index (χ2n) is 4.17. The lowest BCUT2D eigenvalue weighted by Crippen LogP contribution is -2.45. The molecule has 3 N–H and O–H groups in total. The minimum Gasteiger partial charge on any atom is -0.330 e. The van der Waals surface area contributed by atoms with Crippen molar-refractivity contribution < 1.29 is 8.42 Å². The molecule has 0 atom stereocenters. The van der Waals surface area contributed by atoms with Gasteiger partial charge in [-0.05, 0) is 39.3 Å². The van der Waals surface area contributed by atoms with Crippen LogP contribution < -0.4 is 11.1 Å². The highest BCUT2D eigenvalue weighted by Crippen LogP contribution is 2.14. The molecule has 0 saturated carbocycles. The summed E-state index contributed by atoms with van der Waals surface area (Å²) in [4.78, 5) is 0. The molecule has 96 valence electrons. The first kappa shape index (κ1) is 13.9. The molecule has 1 rings (SSSR count). The van der Waals surface area contributed by atoms with Crippen molar-refractivity contribution >= 4 is 10.0 Å². The normalized spacial score (nSPS) is 20.1. The molecule has 0 radical (unpaired) electrons. The van der Waals surface area contributed by atoms with Crippen molar-refractivity contribution in [2.24, 2.45) is 5.73 Å². The smallest absolute Gasteiger partial charge is 0.213 e. The van der Waals surface area contributed by atoms with Crippen LogP contribution in [-0.4, -0.2) is 50.7 Å². The summed E-state index contributed by atoms with van der Waals surface area (Å²) < 4.78 is 24.8. The first-order chi connectivity index (χ1) is 7.60. The van der Waals surface area contributed by atoms with E-state index in [0.717, 1.165) is 25.8 Å². The number of piperidine rings is 1. The summed E-state index contributed by atoms with van der Waals surface area (Å²) >= 11 is 0. The van der Waals surface area contributed by atoms with Gasteiger partial charge in [0.1, 0.15) is 0 Å². The van der Waals surface area contributed by atoms with Crippen molar-refractivity contribution in [3.8, 4) is 0 Å². The largest absolute Gasteiger partial charge is 0.330 e.